The van der Waals surface area contributed by atoms with Crippen LogP contribution < -0.4 is 16.0 Å². The molecule has 1 aliphatic heterocycles. The van der Waals surface area contributed by atoms with E-state index >= 15 is 0 Å². The zero-order valence-corrected chi connectivity index (χ0v) is 12.7. The van der Waals surface area contributed by atoms with Crippen LogP contribution in [0.5, 0.6) is 0 Å². The average molecular weight is 317 g/mol. The third kappa shape index (κ3) is 4.32. The highest BCUT2D eigenvalue weighted by Crippen LogP contribution is 2.10. The van der Waals surface area contributed by atoms with Crippen LogP contribution in [-0.2, 0) is 10.0 Å². The van der Waals surface area contributed by atoms with Gasteiger partial charge in [-0.2, -0.15) is 11.8 Å². The molecule has 1 fully saturated rings. The lowest BCUT2D eigenvalue weighted by molar-refractivity contribution is 0.307. The van der Waals surface area contributed by atoms with Crippen molar-refractivity contribution in [2.75, 3.05) is 43.1 Å². The quantitative estimate of drug-likeness (QED) is 0.489. The van der Waals surface area contributed by atoms with E-state index in [0.29, 0.717) is 12.4 Å². The molecule has 0 spiro atoms. The lowest BCUT2D eigenvalue weighted by Crippen LogP contribution is -2.39. The Morgan fingerprint density at radius 3 is 2.70 bits per heavy atom. The number of sulfonamides is 1. The van der Waals surface area contributed by atoms with Gasteiger partial charge in [0.05, 0.1) is 0 Å². The van der Waals surface area contributed by atoms with Gasteiger partial charge >= 0.3 is 0 Å². The second-order valence-electron chi connectivity index (χ2n) is 4.38. The molecule has 0 radical (unpaired) electrons. The minimum absolute atomic E-state index is 0.144. The summed E-state index contributed by atoms with van der Waals surface area (Å²) in [6.45, 7) is 3.18. The molecule has 20 heavy (non-hydrogen) atoms. The van der Waals surface area contributed by atoms with Crippen molar-refractivity contribution in [2.45, 2.75) is 4.90 Å². The number of pyridine rings is 1. The van der Waals surface area contributed by atoms with Crippen molar-refractivity contribution in [2.24, 2.45) is 5.84 Å². The highest BCUT2D eigenvalue weighted by Gasteiger charge is 2.15. The van der Waals surface area contributed by atoms with Gasteiger partial charge in [-0.05, 0) is 12.1 Å². The Kier molecular flexibility index (Phi) is 5.61. The summed E-state index contributed by atoms with van der Waals surface area (Å²) >= 11 is 1.93. The van der Waals surface area contributed by atoms with Gasteiger partial charge in [-0.25, -0.2) is 24.0 Å². The number of anilines is 1. The monoisotopic (exact) mass is 317 g/mol. The number of hydrogen-bond acceptors (Lipinski definition) is 7. The lowest BCUT2D eigenvalue weighted by atomic mass is 10.5. The molecule has 0 amide bonds. The summed E-state index contributed by atoms with van der Waals surface area (Å²) in [4.78, 5) is 6.30. The molecule has 0 atom stereocenters. The van der Waals surface area contributed by atoms with Crippen molar-refractivity contribution in [3.05, 3.63) is 18.3 Å². The fourth-order valence-electron chi connectivity index (χ4n) is 1.87. The Labute approximate surface area is 123 Å². The molecule has 0 unspecified atom stereocenters. The topological polar surface area (TPSA) is 100 Å². The molecular formula is C11H19N5O2S2. The number of hydrazine groups is 1. The molecule has 1 aromatic rings. The number of nitrogen functional groups attached to an aromatic ring is 1. The fraction of sp³-hybridized carbons (Fsp3) is 0.545. The van der Waals surface area contributed by atoms with E-state index < -0.39 is 10.0 Å². The third-order valence-corrected chi connectivity index (χ3v) is 5.41. The van der Waals surface area contributed by atoms with Gasteiger partial charge in [-0.15, -0.1) is 0 Å². The number of hydrogen-bond donors (Lipinski definition) is 3. The number of nitrogens with two attached hydrogens (primary N) is 1. The molecule has 0 aliphatic carbocycles. The minimum atomic E-state index is -3.50. The van der Waals surface area contributed by atoms with E-state index in [1.54, 1.807) is 0 Å². The van der Waals surface area contributed by atoms with Gasteiger partial charge in [0.2, 0.25) is 10.0 Å². The summed E-state index contributed by atoms with van der Waals surface area (Å²) in [7, 11) is -3.50. The smallest absolute Gasteiger partial charge is 0.242 e. The SMILES string of the molecule is NNc1ccc(S(=O)(=O)NCCN2CCSCC2)cn1. The average Bonchev–Trinajstić information content (AvgIpc) is 2.48. The maximum absolute atomic E-state index is 12.0. The largest absolute Gasteiger partial charge is 0.308 e. The Bertz CT molecular complexity index is 514. The van der Waals surface area contributed by atoms with Crippen molar-refractivity contribution < 1.29 is 8.42 Å². The molecule has 1 aromatic heterocycles. The number of rotatable bonds is 6. The molecule has 112 valence electrons. The van der Waals surface area contributed by atoms with Gasteiger partial charge in [0, 0.05) is 43.9 Å². The standard InChI is InChI=1S/C11H19N5O2S2/c12-15-11-2-1-10(9-13-11)20(17,18)14-3-4-16-5-7-19-8-6-16/h1-2,9,14H,3-8,12H2,(H,13,15). The second kappa shape index (κ2) is 7.23. The third-order valence-electron chi connectivity index (χ3n) is 3.02. The van der Waals surface area contributed by atoms with Gasteiger partial charge < -0.3 is 10.3 Å². The van der Waals surface area contributed by atoms with Crippen LogP contribution in [0.1, 0.15) is 0 Å². The Hall–Kier alpha value is -0.870. The van der Waals surface area contributed by atoms with Gasteiger partial charge in [-0.1, -0.05) is 0 Å². The zero-order valence-electron chi connectivity index (χ0n) is 11.1. The minimum Gasteiger partial charge on any atom is -0.308 e. The first-order valence-electron chi connectivity index (χ1n) is 6.34. The van der Waals surface area contributed by atoms with Crippen LogP contribution in [0.2, 0.25) is 0 Å². The normalized spacial score (nSPS) is 17.1. The summed E-state index contributed by atoms with van der Waals surface area (Å²) < 4.78 is 26.7. The molecule has 0 saturated carbocycles. The van der Waals surface area contributed by atoms with Crippen LogP contribution >= 0.6 is 11.8 Å². The molecule has 0 aromatic carbocycles. The highest BCUT2D eigenvalue weighted by molar-refractivity contribution is 7.99. The number of thioether (sulfide) groups is 1. The zero-order chi connectivity index (χ0) is 14.4. The first-order chi connectivity index (χ1) is 9.62. The van der Waals surface area contributed by atoms with Crippen LogP contribution in [0.4, 0.5) is 5.82 Å². The Morgan fingerprint density at radius 1 is 1.35 bits per heavy atom. The highest BCUT2D eigenvalue weighted by atomic mass is 32.2. The molecule has 4 N–H and O–H groups in total. The molecule has 2 heterocycles. The van der Waals surface area contributed by atoms with Crippen molar-refractivity contribution >= 4 is 27.6 Å². The molecule has 1 saturated heterocycles. The molecule has 1 aliphatic rings. The van der Waals surface area contributed by atoms with E-state index in [9.17, 15) is 8.42 Å². The maximum Gasteiger partial charge on any atom is 0.242 e. The summed E-state index contributed by atoms with van der Waals surface area (Å²) in [6.07, 6.45) is 1.29. The van der Waals surface area contributed by atoms with Gasteiger partial charge in [0.25, 0.3) is 0 Å². The molecule has 7 nitrogen and oxygen atoms in total. The summed E-state index contributed by atoms with van der Waals surface area (Å²) in [6, 6.07) is 3.00. The Morgan fingerprint density at radius 2 is 2.10 bits per heavy atom. The lowest BCUT2D eigenvalue weighted by Gasteiger charge is -2.25. The summed E-state index contributed by atoms with van der Waals surface area (Å²) in [5.74, 6) is 7.84. The fourth-order valence-corrected chi connectivity index (χ4v) is 3.81. The van der Waals surface area contributed by atoms with Crippen molar-refractivity contribution in [1.82, 2.24) is 14.6 Å². The molecule has 2 rings (SSSR count). The second-order valence-corrected chi connectivity index (χ2v) is 7.37. The van der Waals surface area contributed by atoms with Gasteiger partial charge in [-0.3, -0.25) is 0 Å². The van der Waals surface area contributed by atoms with E-state index in [1.807, 2.05) is 11.8 Å². The van der Waals surface area contributed by atoms with Crippen molar-refractivity contribution in [1.29, 1.82) is 0 Å². The molecule has 0 bridgehead atoms. The number of nitrogens with one attached hydrogen (secondary N) is 2. The maximum atomic E-state index is 12.0. The van der Waals surface area contributed by atoms with E-state index in [2.05, 4.69) is 20.0 Å². The van der Waals surface area contributed by atoms with Crippen molar-refractivity contribution in [3.63, 3.8) is 0 Å². The van der Waals surface area contributed by atoms with Gasteiger partial charge in [0.1, 0.15) is 10.7 Å². The van der Waals surface area contributed by atoms with E-state index in [0.717, 1.165) is 31.1 Å². The van der Waals surface area contributed by atoms with Crippen LogP contribution in [-0.4, -0.2) is 56.0 Å². The molecular weight excluding hydrogens is 298 g/mol. The first kappa shape index (κ1) is 15.5. The summed E-state index contributed by atoms with van der Waals surface area (Å²) in [5.41, 5.74) is 2.36. The van der Waals surface area contributed by atoms with Crippen molar-refractivity contribution in [3.8, 4) is 0 Å². The predicted octanol–water partition coefficient (Wildman–Crippen LogP) is -0.306. The van der Waals surface area contributed by atoms with E-state index in [-0.39, 0.29) is 4.90 Å². The van der Waals surface area contributed by atoms with E-state index in [4.69, 9.17) is 5.84 Å². The van der Waals surface area contributed by atoms with Crippen LogP contribution in [0.3, 0.4) is 0 Å². The van der Waals surface area contributed by atoms with E-state index in [1.165, 1.54) is 18.3 Å². The predicted molar refractivity (Wildman–Crippen MR) is 81.0 cm³/mol. The van der Waals surface area contributed by atoms with Crippen LogP contribution in [0, 0.1) is 0 Å². The Balaban J connectivity index is 1.86. The number of aromatic nitrogens is 1. The van der Waals surface area contributed by atoms with Gasteiger partial charge in [0.15, 0.2) is 0 Å². The summed E-state index contributed by atoms with van der Waals surface area (Å²) in [5, 5.41) is 0. The first-order valence-corrected chi connectivity index (χ1v) is 8.98. The number of nitrogens with zero attached hydrogens (tertiary/aromatic N) is 2. The molecule has 9 heteroatoms. The van der Waals surface area contributed by atoms with Crippen LogP contribution in [0.25, 0.3) is 0 Å². The van der Waals surface area contributed by atoms with Crippen LogP contribution in [0.15, 0.2) is 23.2 Å².